The van der Waals surface area contributed by atoms with E-state index >= 15 is 0 Å². The Morgan fingerprint density at radius 1 is 1.04 bits per heavy atom. The summed E-state index contributed by atoms with van der Waals surface area (Å²) in [4.78, 5) is 8.49. The highest BCUT2D eigenvalue weighted by molar-refractivity contribution is 5.58. The molecule has 2 heterocycles. The van der Waals surface area contributed by atoms with Gasteiger partial charge in [0.2, 0.25) is 0 Å². The van der Waals surface area contributed by atoms with E-state index in [1.54, 1.807) is 23.3 Å². The summed E-state index contributed by atoms with van der Waals surface area (Å²) in [5, 5.41) is 8.07. The van der Waals surface area contributed by atoms with Crippen LogP contribution in [0.5, 0.6) is 0 Å². The van der Waals surface area contributed by atoms with Crippen molar-refractivity contribution in [1.29, 1.82) is 0 Å². The highest BCUT2D eigenvalue weighted by Crippen LogP contribution is 2.30. The number of nitrogens with zero attached hydrogens (tertiary/aromatic N) is 5. The molecule has 0 aliphatic rings. The first-order valence-corrected chi connectivity index (χ1v) is 7.22. The molecule has 24 heavy (non-hydrogen) atoms. The van der Waals surface area contributed by atoms with Crippen molar-refractivity contribution in [3.05, 3.63) is 59.8 Å². The molecule has 3 aromatic rings. The summed E-state index contributed by atoms with van der Waals surface area (Å²) in [6.45, 7) is 3.74. The first-order chi connectivity index (χ1) is 11.3. The Morgan fingerprint density at radius 2 is 1.75 bits per heavy atom. The van der Waals surface area contributed by atoms with Gasteiger partial charge in [0.15, 0.2) is 0 Å². The summed E-state index contributed by atoms with van der Waals surface area (Å²) in [5.74, 6) is 0. The molecular formula is C16H14F3N5. The van der Waals surface area contributed by atoms with E-state index in [1.165, 1.54) is 12.1 Å². The molecule has 0 saturated carbocycles. The molecule has 2 aromatic heterocycles. The summed E-state index contributed by atoms with van der Waals surface area (Å²) in [7, 11) is 0. The van der Waals surface area contributed by atoms with Crippen LogP contribution in [0.1, 0.15) is 29.9 Å². The van der Waals surface area contributed by atoms with E-state index in [2.05, 4.69) is 20.3 Å². The Labute approximate surface area is 136 Å². The molecule has 0 fully saturated rings. The number of aromatic nitrogens is 5. The van der Waals surface area contributed by atoms with Crippen molar-refractivity contribution in [2.75, 3.05) is 0 Å². The largest absolute Gasteiger partial charge is 0.416 e. The van der Waals surface area contributed by atoms with Gasteiger partial charge in [0.1, 0.15) is 5.69 Å². The van der Waals surface area contributed by atoms with Crippen LogP contribution in [0.4, 0.5) is 13.2 Å². The fourth-order valence-corrected chi connectivity index (χ4v) is 2.18. The van der Waals surface area contributed by atoms with Crippen LogP contribution in [-0.4, -0.2) is 25.0 Å². The van der Waals surface area contributed by atoms with Crippen LogP contribution >= 0.6 is 0 Å². The molecule has 124 valence electrons. The van der Waals surface area contributed by atoms with Crippen LogP contribution in [0.25, 0.3) is 11.3 Å². The molecule has 3 rings (SSSR count). The van der Waals surface area contributed by atoms with E-state index in [4.69, 9.17) is 0 Å². The quantitative estimate of drug-likeness (QED) is 0.734. The van der Waals surface area contributed by atoms with Gasteiger partial charge in [-0.05, 0) is 26.0 Å². The number of benzene rings is 1. The first kappa shape index (κ1) is 16.1. The summed E-state index contributed by atoms with van der Waals surface area (Å²) in [5.41, 5.74) is 1.91. The van der Waals surface area contributed by atoms with Crippen molar-refractivity contribution in [1.82, 2.24) is 25.0 Å². The number of aryl methyl sites for hydroxylation is 1. The van der Waals surface area contributed by atoms with Crippen molar-refractivity contribution in [3.63, 3.8) is 0 Å². The van der Waals surface area contributed by atoms with Crippen molar-refractivity contribution in [3.8, 4) is 11.3 Å². The minimum absolute atomic E-state index is 0.186. The van der Waals surface area contributed by atoms with Gasteiger partial charge in [-0.25, -0.2) is 4.68 Å². The molecule has 0 aliphatic carbocycles. The third-order valence-electron chi connectivity index (χ3n) is 3.64. The van der Waals surface area contributed by atoms with Gasteiger partial charge in [0.05, 0.1) is 35.4 Å². The summed E-state index contributed by atoms with van der Waals surface area (Å²) < 4.78 is 39.4. The molecule has 1 aromatic carbocycles. The number of alkyl halides is 3. The molecule has 1 atom stereocenters. The normalized spacial score (nSPS) is 13.0. The maximum absolute atomic E-state index is 12.6. The second kappa shape index (κ2) is 6.03. The predicted molar refractivity (Wildman–Crippen MR) is 81.0 cm³/mol. The summed E-state index contributed by atoms with van der Waals surface area (Å²) in [6, 6.07) is 4.64. The number of halogens is 3. The van der Waals surface area contributed by atoms with Gasteiger partial charge >= 0.3 is 6.18 Å². The van der Waals surface area contributed by atoms with Crippen LogP contribution in [0.15, 0.2) is 42.9 Å². The van der Waals surface area contributed by atoms with Gasteiger partial charge in [-0.1, -0.05) is 17.3 Å². The molecule has 0 aliphatic heterocycles. The Balaban J connectivity index is 1.83. The average molecular weight is 333 g/mol. The second-order valence-corrected chi connectivity index (χ2v) is 5.42. The zero-order valence-corrected chi connectivity index (χ0v) is 13.0. The van der Waals surface area contributed by atoms with E-state index in [1.807, 2.05) is 13.8 Å². The number of rotatable bonds is 3. The minimum atomic E-state index is -4.35. The second-order valence-electron chi connectivity index (χ2n) is 5.42. The van der Waals surface area contributed by atoms with E-state index < -0.39 is 11.7 Å². The first-order valence-electron chi connectivity index (χ1n) is 7.22. The van der Waals surface area contributed by atoms with Crippen molar-refractivity contribution < 1.29 is 13.2 Å². The molecule has 1 unspecified atom stereocenters. The van der Waals surface area contributed by atoms with Gasteiger partial charge in [-0.3, -0.25) is 9.97 Å². The third kappa shape index (κ3) is 3.27. The van der Waals surface area contributed by atoms with Crippen molar-refractivity contribution in [2.45, 2.75) is 26.1 Å². The molecule has 0 radical (unpaired) electrons. The van der Waals surface area contributed by atoms with Crippen LogP contribution < -0.4 is 0 Å². The monoisotopic (exact) mass is 333 g/mol. The van der Waals surface area contributed by atoms with Gasteiger partial charge in [0.25, 0.3) is 0 Å². The Kier molecular flexibility index (Phi) is 4.04. The molecule has 0 bridgehead atoms. The lowest BCUT2D eigenvalue weighted by Crippen LogP contribution is -2.09. The Bertz CT molecular complexity index is 822. The SMILES string of the molecule is Cc1cnc(C(C)n2cc(-c3ccc(C(F)(F)F)cc3)nn2)cn1. The molecule has 0 spiro atoms. The standard InChI is InChI=1S/C16H14F3N5/c1-10-7-21-14(8-20-10)11(2)24-9-15(22-23-24)12-3-5-13(6-4-12)16(17,18)19/h3-9,11H,1-2H3. The molecule has 8 heteroatoms. The van der Waals surface area contributed by atoms with E-state index in [0.717, 1.165) is 23.5 Å². The highest BCUT2D eigenvalue weighted by atomic mass is 19.4. The molecular weight excluding hydrogens is 319 g/mol. The molecule has 5 nitrogen and oxygen atoms in total. The van der Waals surface area contributed by atoms with E-state index in [0.29, 0.717) is 11.3 Å². The van der Waals surface area contributed by atoms with E-state index in [-0.39, 0.29) is 6.04 Å². The lowest BCUT2D eigenvalue weighted by atomic mass is 10.1. The highest BCUT2D eigenvalue weighted by Gasteiger charge is 2.30. The fraction of sp³-hybridized carbons (Fsp3) is 0.250. The van der Waals surface area contributed by atoms with Crippen LogP contribution in [-0.2, 0) is 6.18 Å². The number of hydrogen-bond donors (Lipinski definition) is 0. The summed E-state index contributed by atoms with van der Waals surface area (Å²) in [6.07, 6.45) is 0.655. The average Bonchev–Trinajstić information content (AvgIpc) is 3.04. The maximum atomic E-state index is 12.6. The van der Waals surface area contributed by atoms with Crippen molar-refractivity contribution in [2.24, 2.45) is 0 Å². The fourth-order valence-electron chi connectivity index (χ4n) is 2.18. The Hall–Kier alpha value is -2.77. The topological polar surface area (TPSA) is 56.5 Å². The van der Waals surface area contributed by atoms with Crippen LogP contribution in [0.3, 0.4) is 0 Å². The number of hydrogen-bond acceptors (Lipinski definition) is 4. The lowest BCUT2D eigenvalue weighted by Gasteiger charge is -2.10. The zero-order valence-electron chi connectivity index (χ0n) is 13.0. The van der Waals surface area contributed by atoms with Gasteiger partial charge in [-0.2, -0.15) is 13.2 Å². The van der Waals surface area contributed by atoms with Gasteiger partial charge in [0, 0.05) is 11.8 Å². The molecule has 0 amide bonds. The molecule has 0 N–H and O–H groups in total. The summed E-state index contributed by atoms with van der Waals surface area (Å²) >= 11 is 0. The van der Waals surface area contributed by atoms with Gasteiger partial charge < -0.3 is 0 Å². The van der Waals surface area contributed by atoms with E-state index in [9.17, 15) is 13.2 Å². The predicted octanol–water partition coefficient (Wildman–Crippen LogP) is 3.67. The smallest absolute Gasteiger partial charge is 0.258 e. The van der Waals surface area contributed by atoms with Crippen LogP contribution in [0.2, 0.25) is 0 Å². The van der Waals surface area contributed by atoms with Crippen molar-refractivity contribution >= 4 is 0 Å². The van der Waals surface area contributed by atoms with Gasteiger partial charge in [-0.15, -0.1) is 5.10 Å². The molecule has 0 saturated heterocycles. The zero-order chi connectivity index (χ0) is 17.3. The maximum Gasteiger partial charge on any atom is 0.416 e. The lowest BCUT2D eigenvalue weighted by molar-refractivity contribution is -0.137. The minimum Gasteiger partial charge on any atom is -0.258 e. The Morgan fingerprint density at radius 3 is 2.33 bits per heavy atom. The third-order valence-corrected chi connectivity index (χ3v) is 3.64. The van der Waals surface area contributed by atoms with Crippen LogP contribution in [0, 0.1) is 6.92 Å².